The van der Waals surface area contributed by atoms with Crippen LogP contribution in [0.3, 0.4) is 0 Å². The van der Waals surface area contributed by atoms with E-state index in [4.69, 9.17) is 9.26 Å². The van der Waals surface area contributed by atoms with Gasteiger partial charge < -0.3 is 14.6 Å². The summed E-state index contributed by atoms with van der Waals surface area (Å²) in [4.78, 5) is 5.53. The molecule has 1 N–H and O–H groups in total. The van der Waals surface area contributed by atoms with Crippen molar-refractivity contribution in [3.8, 4) is 10.7 Å². The highest BCUT2D eigenvalue weighted by Gasteiger charge is 2.33. The summed E-state index contributed by atoms with van der Waals surface area (Å²) in [6.45, 7) is 4.46. The van der Waals surface area contributed by atoms with Gasteiger partial charge in [-0.15, -0.1) is 11.3 Å². The summed E-state index contributed by atoms with van der Waals surface area (Å²) in [6.07, 6.45) is 1.10. The number of nitrogens with one attached hydrogen (secondary N) is 1. The fraction of sp³-hybridized carbons (Fsp3) is 0.538. The average Bonchev–Trinajstić information content (AvgIpc) is 3.15. The molecule has 0 spiro atoms. The van der Waals surface area contributed by atoms with Gasteiger partial charge in [-0.3, -0.25) is 0 Å². The van der Waals surface area contributed by atoms with Gasteiger partial charge in [0.2, 0.25) is 11.7 Å². The van der Waals surface area contributed by atoms with Gasteiger partial charge >= 0.3 is 0 Å². The molecule has 0 aliphatic carbocycles. The van der Waals surface area contributed by atoms with Crippen LogP contribution in [0.15, 0.2) is 20.4 Å². The Labute approximate surface area is 129 Å². The standard InChI is InChI=1S/C13H16BrN3O2S/c1-2-3-15-10-6-18-5-9(10)13-16-12(17-19-13)11-4-8(14)7-20-11/h4,7,9-10,15H,2-3,5-6H2,1H3. The van der Waals surface area contributed by atoms with Crippen LogP contribution in [0.4, 0.5) is 0 Å². The van der Waals surface area contributed by atoms with Crippen LogP contribution in [-0.4, -0.2) is 35.9 Å². The molecule has 1 saturated heterocycles. The van der Waals surface area contributed by atoms with Crippen molar-refractivity contribution in [2.75, 3.05) is 19.8 Å². The molecule has 7 heteroatoms. The van der Waals surface area contributed by atoms with Crippen LogP contribution in [0.25, 0.3) is 10.7 Å². The molecular weight excluding hydrogens is 342 g/mol. The second-order valence-electron chi connectivity index (χ2n) is 4.79. The molecule has 1 aliphatic heterocycles. The van der Waals surface area contributed by atoms with E-state index in [-0.39, 0.29) is 12.0 Å². The summed E-state index contributed by atoms with van der Waals surface area (Å²) in [5, 5.41) is 9.56. The van der Waals surface area contributed by atoms with E-state index in [1.807, 2.05) is 11.4 Å². The molecule has 108 valence electrons. The van der Waals surface area contributed by atoms with E-state index in [0.29, 0.717) is 24.9 Å². The SMILES string of the molecule is CCCNC1COCC1c1nc(-c2cc(Br)cs2)no1. The Kier molecular flexibility index (Phi) is 4.50. The van der Waals surface area contributed by atoms with Gasteiger partial charge in [0.25, 0.3) is 0 Å². The van der Waals surface area contributed by atoms with Crippen molar-refractivity contribution in [2.45, 2.75) is 25.3 Å². The summed E-state index contributed by atoms with van der Waals surface area (Å²) in [5.74, 6) is 1.46. The summed E-state index contributed by atoms with van der Waals surface area (Å²) >= 11 is 5.03. The summed E-state index contributed by atoms with van der Waals surface area (Å²) < 4.78 is 12.0. The molecule has 0 bridgehead atoms. The minimum Gasteiger partial charge on any atom is -0.379 e. The number of halogens is 1. The van der Waals surface area contributed by atoms with Crippen LogP contribution >= 0.6 is 27.3 Å². The molecule has 20 heavy (non-hydrogen) atoms. The van der Waals surface area contributed by atoms with Crippen molar-refractivity contribution in [2.24, 2.45) is 0 Å². The van der Waals surface area contributed by atoms with E-state index in [9.17, 15) is 0 Å². The Bertz CT molecular complexity index is 571. The third-order valence-corrected chi connectivity index (χ3v) is 4.97. The first kappa shape index (κ1) is 14.2. The molecule has 0 saturated carbocycles. The highest BCUT2D eigenvalue weighted by molar-refractivity contribution is 9.10. The smallest absolute Gasteiger partial charge is 0.234 e. The Hall–Kier alpha value is -0.760. The van der Waals surface area contributed by atoms with E-state index in [1.54, 1.807) is 11.3 Å². The largest absolute Gasteiger partial charge is 0.379 e. The Balaban J connectivity index is 1.75. The van der Waals surface area contributed by atoms with Gasteiger partial charge in [0.15, 0.2) is 0 Å². The number of hydrogen-bond acceptors (Lipinski definition) is 6. The molecule has 1 fully saturated rings. The molecule has 2 aromatic heterocycles. The predicted molar refractivity (Wildman–Crippen MR) is 81.0 cm³/mol. The van der Waals surface area contributed by atoms with Gasteiger partial charge in [-0.25, -0.2) is 0 Å². The third kappa shape index (κ3) is 2.95. The molecule has 0 radical (unpaired) electrons. The van der Waals surface area contributed by atoms with Crippen molar-refractivity contribution in [3.63, 3.8) is 0 Å². The van der Waals surface area contributed by atoms with Crippen molar-refractivity contribution in [3.05, 3.63) is 21.8 Å². The molecular formula is C13H16BrN3O2S. The lowest BCUT2D eigenvalue weighted by molar-refractivity contribution is 0.184. The molecule has 2 aromatic rings. The van der Waals surface area contributed by atoms with Crippen LogP contribution in [0, 0.1) is 0 Å². The molecule has 2 atom stereocenters. The van der Waals surface area contributed by atoms with Gasteiger partial charge in [-0.05, 0) is 35.0 Å². The fourth-order valence-electron chi connectivity index (χ4n) is 2.24. The minimum atomic E-state index is 0.145. The second kappa shape index (κ2) is 6.34. The number of rotatable bonds is 5. The lowest BCUT2D eigenvalue weighted by Crippen LogP contribution is -2.34. The average molecular weight is 358 g/mol. The first-order valence-electron chi connectivity index (χ1n) is 6.67. The lowest BCUT2D eigenvalue weighted by atomic mass is 10.0. The van der Waals surface area contributed by atoms with Gasteiger partial charge in [0.05, 0.1) is 24.0 Å². The maximum Gasteiger partial charge on any atom is 0.234 e. The maximum absolute atomic E-state index is 5.55. The topological polar surface area (TPSA) is 60.2 Å². The monoisotopic (exact) mass is 357 g/mol. The zero-order valence-electron chi connectivity index (χ0n) is 11.1. The van der Waals surface area contributed by atoms with Crippen LogP contribution in [0.2, 0.25) is 0 Å². The van der Waals surface area contributed by atoms with E-state index in [2.05, 4.69) is 38.3 Å². The molecule has 5 nitrogen and oxygen atoms in total. The molecule has 2 unspecified atom stereocenters. The van der Waals surface area contributed by atoms with E-state index >= 15 is 0 Å². The molecule has 0 aromatic carbocycles. The summed E-state index contributed by atoms with van der Waals surface area (Å²) in [7, 11) is 0. The Morgan fingerprint density at radius 2 is 2.40 bits per heavy atom. The van der Waals surface area contributed by atoms with Crippen molar-refractivity contribution in [1.82, 2.24) is 15.5 Å². The zero-order chi connectivity index (χ0) is 13.9. The normalized spacial score (nSPS) is 22.5. The van der Waals surface area contributed by atoms with Crippen LogP contribution < -0.4 is 5.32 Å². The first-order valence-corrected chi connectivity index (χ1v) is 8.34. The Morgan fingerprint density at radius 3 is 3.15 bits per heavy atom. The van der Waals surface area contributed by atoms with Crippen LogP contribution in [0.5, 0.6) is 0 Å². The van der Waals surface area contributed by atoms with E-state index in [1.165, 1.54) is 0 Å². The third-order valence-electron chi connectivity index (χ3n) is 3.28. The number of nitrogens with zero attached hydrogens (tertiary/aromatic N) is 2. The lowest BCUT2D eigenvalue weighted by Gasteiger charge is -2.14. The molecule has 3 heterocycles. The quantitative estimate of drug-likeness (QED) is 0.890. The number of thiophene rings is 1. The Morgan fingerprint density at radius 1 is 1.50 bits per heavy atom. The first-order chi connectivity index (χ1) is 9.78. The zero-order valence-corrected chi connectivity index (χ0v) is 13.5. The molecule has 3 rings (SSSR count). The second-order valence-corrected chi connectivity index (χ2v) is 6.62. The summed E-state index contributed by atoms with van der Waals surface area (Å²) in [6, 6.07) is 2.26. The van der Waals surface area contributed by atoms with Crippen molar-refractivity contribution in [1.29, 1.82) is 0 Å². The van der Waals surface area contributed by atoms with Gasteiger partial charge in [0, 0.05) is 15.9 Å². The maximum atomic E-state index is 5.55. The van der Waals surface area contributed by atoms with Crippen LogP contribution in [0.1, 0.15) is 25.2 Å². The highest BCUT2D eigenvalue weighted by Crippen LogP contribution is 2.30. The van der Waals surface area contributed by atoms with Gasteiger partial charge in [0.1, 0.15) is 0 Å². The van der Waals surface area contributed by atoms with Crippen molar-refractivity contribution < 1.29 is 9.26 Å². The predicted octanol–water partition coefficient (Wildman–Crippen LogP) is 3.04. The van der Waals surface area contributed by atoms with E-state index in [0.717, 1.165) is 22.3 Å². The number of ether oxygens (including phenoxy) is 1. The van der Waals surface area contributed by atoms with Gasteiger partial charge in [-0.2, -0.15) is 4.98 Å². The fourth-order valence-corrected chi connectivity index (χ4v) is 3.60. The molecule has 0 amide bonds. The number of hydrogen-bond donors (Lipinski definition) is 1. The number of aromatic nitrogens is 2. The summed E-state index contributed by atoms with van der Waals surface area (Å²) in [5.41, 5.74) is 0. The molecule has 1 aliphatic rings. The van der Waals surface area contributed by atoms with Crippen LogP contribution in [-0.2, 0) is 4.74 Å². The van der Waals surface area contributed by atoms with E-state index < -0.39 is 0 Å². The minimum absolute atomic E-state index is 0.145. The van der Waals surface area contributed by atoms with Gasteiger partial charge in [-0.1, -0.05) is 12.1 Å². The van der Waals surface area contributed by atoms with Crippen molar-refractivity contribution >= 4 is 27.3 Å². The highest BCUT2D eigenvalue weighted by atomic mass is 79.9.